The van der Waals surface area contributed by atoms with Crippen molar-refractivity contribution >= 4 is 23.9 Å². The smallest absolute Gasteiger partial charge is 0.543 e. The molecule has 1 radical (unpaired) electrons. The minimum atomic E-state index is -1.24. The van der Waals surface area contributed by atoms with Crippen LogP contribution in [0.25, 0.3) is 0 Å². The second-order valence-corrected chi connectivity index (χ2v) is 6.01. The standard InChI is InChI=1S/4C6H5NO2.Ir/c4*8-6(9)5-3-1-2-4-7-5;/h4*1-4H,(H,8,9);/q;;;;+4/p-4. The van der Waals surface area contributed by atoms with Crippen molar-refractivity contribution in [1.82, 2.24) is 19.9 Å². The van der Waals surface area contributed by atoms with Crippen LogP contribution in [0.3, 0.4) is 0 Å². The van der Waals surface area contributed by atoms with Gasteiger partial charge in [0.25, 0.3) is 0 Å². The quantitative estimate of drug-likeness (QED) is 0.224. The van der Waals surface area contributed by atoms with E-state index in [-0.39, 0.29) is 42.9 Å². The summed E-state index contributed by atoms with van der Waals surface area (Å²) in [4.78, 5) is 54.2. The van der Waals surface area contributed by atoms with Crippen LogP contribution < -0.4 is 20.4 Å². The third kappa shape index (κ3) is 14.2. The maximum absolute atomic E-state index is 10.0. The van der Waals surface area contributed by atoms with Crippen molar-refractivity contribution in [2.75, 3.05) is 0 Å². The van der Waals surface area contributed by atoms with Crippen LogP contribution in [0.5, 0.6) is 0 Å². The molecule has 0 aliphatic carbocycles. The van der Waals surface area contributed by atoms with Gasteiger partial charge >= 0.3 is 20.1 Å². The Labute approximate surface area is 223 Å². The number of nitrogens with zero attached hydrogens (tertiary/aromatic N) is 4. The number of rotatable bonds is 4. The average molecular weight is 681 g/mol. The first-order chi connectivity index (χ1) is 17.2. The van der Waals surface area contributed by atoms with Gasteiger partial charge in [-0.25, -0.2) is 0 Å². The Hall–Kier alpha value is -4.87. The minimum absolute atomic E-state index is 0. The molecule has 0 N–H and O–H groups in total. The Morgan fingerprint density at radius 3 is 0.676 bits per heavy atom. The van der Waals surface area contributed by atoms with E-state index < -0.39 is 23.9 Å². The summed E-state index contributed by atoms with van der Waals surface area (Å²) in [5, 5.41) is 40.1. The molecular weight excluding hydrogens is 665 g/mol. The van der Waals surface area contributed by atoms with Gasteiger partial charge in [0.2, 0.25) is 0 Å². The number of carbonyl (C=O) groups excluding carboxylic acids is 4. The van der Waals surface area contributed by atoms with Crippen LogP contribution in [-0.4, -0.2) is 43.8 Å². The Balaban J connectivity index is 0.000000463. The molecule has 12 nitrogen and oxygen atoms in total. The molecule has 0 unspecified atom stereocenters. The second-order valence-electron chi connectivity index (χ2n) is 6.01. The SMILES string of the molecule is O=C([O-])c1ccccn1.O=C([O-])c1ccccn1.O=C([O-])c1ccccn1.O=C([O-])c1ccccn1.[Ir+4]. The zero-order chi connectivity index (χ0) is 26.8. The van der Waals surface area contributed by atoms with Gasteiger partial charge in [-0.05, 0) is 48.5 Å². The van der Waals surface area contributed by atoms with Crippen molar-refractivity contribution in [2.24, 2.45) is 0 Å². The van der Waals surface area contributed by atoms with Crippen LogP contribution in [0.4, 0.5) is 0 Å². The number of hydrogen-bond acceptors (Lipinski definition) is 12. The Morgan fingerprint density at radius 1 is 0.405 bits per heavy atom. The van der Waals surface area contributed by atoms with E-state index in [1.807, 2.05) is 0 Å². The summed E-state index contributed by atoms with van der Waals surface area (Å²) in [6.07, 6.45) is 5.63. The van der Waals surface area contributed by atoms with Crippen molar-refractivity contribution in [3.05, 3.63) is 120 Å². The predicted molar refractivity (Wildman–Crippen MR) is 114 cm³/mol. The molecule has 4 rings (SSSR count). The molecule has 4 aromatic rings. The molecule has 0 saturated heterocycles. The molecule has 0 aromatic carbocycles. The van der Waals surface area contributed by atoms with E-state index >= 15 is 0 Å². The van der Waals surface area contributed by atoms with Gasteiger partial charge in [0, 0.05) is 24.8 Å². The van der Waals surface area contributed by atoms with Crippen molar-refractivity contribution in [2.45, 2.75) is 0 Å². The van der Waals surface area contributed by atoms with Crippen LogP contribution in [0.2, 0.25) is 0 Å². The monoisotopic (exact) mass is 681 g/mol. The topological polar surface area (TPSA) is 212 Å². The molecule has 4 aromatic heterocycles. The van der Waals surface area contributed by atoms with Crippen molar-refractivity contribution < 1.29 is 59.7 Å². The second kappa shape index (κ2) is 18.5. The molecule has 37 heavy (non-hydrogen) atoms. The zero-order valence-electron chi connectivity index (χ0n) is 18.6. The summed E-state index contributed by atoms with van der Waals surface area (Å²) in [6.45, 7) is 0. The predicted octanol–water partition coefficient (Wildman–Crippen LogP) is -2.22. The van der Waals surface area contributed by atoms with Crippen molar-refractivity contribution in [1.29, 1.82) is 0 Å². The first kappa shape index (κ1) is 32.1. The van der Waals surface area contributed by atoms with E-state index in [4.69, 9.17) is 0 Å². The maximum atomic E-state index is 10.0. The summed E-state index contributed by atoms with van der Waals surface area (Å²) in [7, 11) is 0. The van der Waals surface area contributed by atoms with E-state index in [1.54, 1.807) is 48.5 Å². The summed E-state index contributed by atoms with van der Waals surface area (Å²) < 4.78 is 0. The van der Waals surface area contributed by atoms with Gasteiger partial charge in [-0.1, -0.05) is 24.3 Å². The number of carbonyl (C=O) groups is 4. The summed E-state index contributed by atoms with van der Waals surface area (Å²) >= 11 is 0. The molecule has 0 fully saturated rings. The number of aromatic carboxylic acids is 4. The van der Waals surface area contributed by atoms with Gasteiger partial charge in [-0.3, -0.25) is 19.9 Å². The van der Waals surface area contributed by atoms with E-state index in [2.05, 4.69) is 19.9 Å². The molecule has 0 saturated carbocycles. The Kier molecular flexibility index (Phi) is 16.0. The third-order valence-corrected chi connectivity index (χ3v) is 3.50. The number of carboxylic acid groups (broad SMARTS) is 4. The van der Waals surface area contributed by atoms with E-state index in [9.17, 15) is 39.6 Å². The fraction of sp³-hybridized carbons (Fsp3) is 0. The molecule has 0 aliphatic rings. The molecule has 0 amide bonds. The number of hydrogen-bond donors (Lipinski definition) is 0. The fourth-order valence-corrected chi connectivity index (χ4v) is 1.93. The van der Waals surface area contributed by atoms with E-state index in [0.717, 1.165) is 0 Å². The van der Waals surface area contributed by atoms with Crippen LogP contribution in [0, 0.1) is 0 Å². The van der Waals surface area contributed by atoms with E-state index in [1.165, 1.54) is 49.1 Å². The van der Waals surface area contributed by atoms with Crippen molar-refractivity contribution in [3.8, 4) is 0 Å². The summed E-state index contributed by atoms with van der Waals surface area (Å²) in [5.74, 6) is -4.96. The minimum Gasteiger partial charge on any atom is -0.543 e. The van der Waals surface area contributed by atoms with Crippen molar-refractivity contribution in [3.63, 3.8) is 0 Å². The largest absolute Gasteiger partial charge is 4.00 e. The molecule has 189 valence electrons. The van der Waals surface area contributed by atoms with Gasteiger partial charge in [0.15, 0.2) is 0 Å². The Bertz CT molecular complexity index is 1030. The van der Waals surface area contributed by atoms with Crippen LogP contribution in [0.1, 0.15) is 42.0 Å². The average Bonchev–Trinajstić information content (AvgIpc) is 2.92. The molecule has 0 spiro atoms. The maximum Gasteiger partial charge on any atom is 4.00 e. The molecule has 0 bridgehead atoms. The van der Waals surface area contributed by atoms with Crippen LogP contribution in [0.15, 0.2) is 97.6 Å². The Morgan fingerprint density at radius 2 is 0.595 bits per heavy atom. The van der Waals surface area contributed by atoms with Gasteiger partial charge in [0.05, 0.1) is 46.7 Å². The van der Waals surface area contributed by atoms with E-state index in [0.29, 0.717) is 0 Å². The van der Waals surface area contributed by atoms with Gasteiger partial charge in [-0.15, -0.1) is 0 Å². The number of aromatic nitrogens is 4. The number of carboxylic acids is 4. The fourth-order valence-electron chi connectivity index (χ4n) is 1.93. The first-order valence-corrected chi connectivity index (χ1v) is 9.71. The number of pyridine rings is 4. The van der Waals surface area contributed by atoms with Crippen LogP contribution >= 0.6 is 0 Å². The molecule has 4 heterocycles. The normalized spacial score (nSPS) is 8.65. The first-order valence-electron chi connectivity index (χ1n) is 9.71. The molecular formula is C24H16IrN4O8. The summed E-state index contributed by atoms with van der Waals surface area (Å²) in [6, 6.07) is 18.5. The third-order valence-electron chi connectivity index (χ3n) is 3.50. The summed E-state index contributed by atoms with van der Waals surface area (Å²) in [5.41, 5.74) is -0.120. The molecule has 0 atom stereocenters. The van der Waals surface area contributed by atoms with Crippen LogP contribution in [-0.2, 0) is 20.1 Å². The van der Waals surface area contributed by atoms with Gasteiger partial charge in [0.1, 0.15) is 0 Å². The zero-order valence-corrected chi connectivity index (χ0v) is 21.0. The van der Waals surface area contributed by atoms with Gasteiger partial charge < -0.3 is 39.6 Å². The molecule has 0 aliphatic heterocycles. The van der Waals surface area contributed by atoms with Gasteiger partial charge in [-0.2, -0.15) is 0 Å². The molecule has 13 heteroatoms.